The Morgan fingerprint density at radius 2 is 2.00 bits per heavy atom. The maximum absolute atomic E-state index is 2.33. The molecule has 1 aromatic rings. The van der Waals surface area contributed by atoms with Gasteiger partial charge in [-0.05, 0) is 13.6 Å². The van der Waals surface area contributed by atoms with Crippen LogP contribution in [0.3, 0.4) is 0 Å². The Hall–Kier alpha value is -0.810. The van der Waals surface area contributed by atoms with Crippen LogP contribution in [-0.4, -0.2) is 24.2 Å². The summed E-state index contributed by atoms with van der Waals surface area (Å²) in [5.74, 6) is 2.33. The molecule has 0 aromatic heterocycles. The minimum absolute atomic E-state index is 0.0934. The number of benzene rings is 1. The second-order valence-corrected chi connectivity index (χ2v) is 5.37. The minimum atomic E-state index is -0.0934. The van der Waals surface area contributed by atoms with Crippen LogP contribution in [0.1, 0.15) is 12.5 Å². The van der Waals surface area contributed by atoms with E-state index in [0.29, 0.717) is 0 Å². The van der Waals surface area contributed by atoms with Crippen molar-refractivity contribution >= 4 is 19.2 Å². The lowest BCUT2D eigenvalue weighted by molar-refractivity contribution is -0.467. The highest BCUT2D eigenvalue weighted by Gasteiger charge is 2.18. The van der Waals surface area contributed by atoms with Gasteiger partial charge in [0.25, 0.3) is 0 Å². The molecule has 0 spiro atoms. The zero-order chi connectivity index (χ0) is 9.42. The fourth-order valence-corrected chi connectivity index (χ4v) is 3.44. The highest BCUT2D eigenvalue weighted by molar-refractivity contribution is 7.78. The predicted octanol–water partition coefficient (Wildman–Crippen LogP) is 2.01. The molecule has 1 atom stereocenters. The fraction of sp³-hybridized carbons (Fsp3) is 0.273. The summed E-state index contributed by atoms with van der Waals surface area (Å²) >= 11 is 0. The van der Waals surface area contributed by atoms with Gasteiger partial charge >= 0.3 is 0 Å². The third-order valence-corrected chi connectivity index (χ3v) is 4.39. The van der Waals surface area contributed by atoms with Crippen molar-refractivity contribution in [3.05, 3.63) is 35.9 Å². The van der Waals surface area contributed by atoms with Crippen LogP contribution in [0.4, 0.5) is 0 Å². The summed E-state index contributed by atoms with van der Waals surface area (Å²) < 4.78 is 2.24. The molecule has 0 bridgehead atoms. The molecule has 0 fully saturated rings. The lowest BCUT2D eigenvalue weighted by Gasteiger charge is -2.28. The monoisotopic (exact) mass is 191 g/mol. The topological polar surface area (TPSA) is 3.01 Å². The van der Waals surface area contributed by atoms with Crippen LogP contribution >= 0.6 is 7.92 Å². The van der Waals surface area contributed by atoms with Gasteiger partial charge in [0.05, 0.1) is 12.0 Å². The second-order valence-electron chi connectivity index (χ2n) is 3.44. The van der Waals surface area contributed by atoms with E-state index >= 15 is 0 Å². The van der Waals surface area contributed by atoms with E-state index in [0.717, 1.165) is 0 Å². The zero-order valence-electron chi connectivity index (χ0n) is 8.28. The standard InChI is InChI=1S/C11H14NP/c1-9-10-6-4-5-7-11(10)13(3)8-12(9)2/h4-8H,1-3H3. The molecule has 0 aliphatic carbocycles. The number of nitrogens with zero attached hydrogens (tertiary/aromatic N) is 1. The van der Waals surface area contributed by atoms with E-state index in [-0.39, 0.29) is 7.92 Å². The van der Waals surface area contributed by atoms with E-state index in [4.69, 9.17) is 0 Å². The van der Waals surface area contributed by atoms with Crippen LogP contribution in [-0.2, 0) is 0 Å². The van der Waals surface area contributed by atoms with Gasteiger partial charge in [-0.2, -0.15) is 0 Å². The largest absolute Gasteiger partial charge is 0.285 e. The number of fused-ring (bicyclic) bond motifs is 1. The van der Waals surface area contributed by atoms with E-state index in [1.807, 2.05) is 0 Å². The third kappa shape index (κ3) is 1.38. The molecule has 0 N–H and O–H groups in total. The van der Waals surface area contributed by atoms with Crippen molar-refractivity contribution in [3.63, 3.8) is 0 Å². The summed E-state index contributed by atoms with van der Waals surface area (Å²) in [6, 6.07) is 10.1. The molecular formula is C11H14NP. The summed E-state index contributed by atoms with van der Waals surface area (Å²) in [5, 5.41) is 1.51. The normalized spacial score (nSPS) is 21.0. The third-order valence-electron chi connectivity index (χ3n) is 2.55. The first-order valence-electron chi connectivity index (χ1n) is 4.44. The van der Waals surface area contributed by atoms with E-state index in [1.165, 1.54) is 16.9 Å². The fourth-order valence-electron chi connectivity index (χ4n) is 1.69. The van der Waals surface area contributed by atoms with E-state index < -0.39 is 0 Å². The average Bonchev–Trinajstić information content (AvgIpc) is 2.15. The molecule has 68 valence electrons. The molecule has 0 saturated carbocycles. The van der Waals surface area contributed by atoms with Gasteiger partial charge in [0.1, 0.15) is 7.05 Å². The van der Waals surface area contributed by atoms with Gasteiger partial charge in [0, 0.05) is 0 Å². The van der Waals surface area contributed by atoms with Gasteiger partial charge in [0.15, 0.2) is 0 Å². The van der Waals surface area contributed by atoms with Gasteiger partial charge in [-0.25, -0.2) is 0 Å². The van der Waals surface area contributed by atoms with Crippen molar-refractivity contribution in [2.75, 3.05) is 13.7 Å². The van der Waals surface area contributed by atoms with Crippen molar-refractivity contribution in [2.24, 2.45) is 0 Å². The van der Waals surface area contributed by atoms with Gasteiger partial charge in [-0.3, -0.25) is 4.58 Å². The van der Waals surface area contributed by atoms with Gasteiger partial charge in [-0.1, -0.05) is 30.9 Å². The summed E-state index contributed by atoms with van der Waals surface area (Å²) in [6.07, 6.45) is 0. The lowest BCUT2D eigenvalue weighted by atomic mass is 10.1. The molecule has 2 rings (SSSR count). The summed E-state index contributed by atoms with van der Waals surface area (Å²) in [4.78, 5) is 0. The van der Waals surface area contributed by atoms with E-state index in [1.54, 1.807) is 0 Å². The molecule has 1 unspecified atom stereocenters. The Morgan fingerprint density at radius 1 is 1.31 bits per heavy atom. The van der Waals surface area contributed by atoms with Gasteiger partial charge in [0.2, 0.25) is 0 Å². The maximum atomic E-state index is 2.33. The van der Waals surface area contributed by atoms with Gasteiger partial charge in [-0.15, -0.1) is 12.1 Å². The number of hydrogen-bond donors (Lipinski definition) is 0. The first-order valence-corrected chi connectivity index (χ1v) is 6.29. The Labute approximate surface area is 80.9 Å². The molecule has 1 heterocycles. The van der Waals surface area contributed by atoms with Crippen molar-refractivity contribution < 1.29 is 4.58 Å². The number of hydrogen-bond acceptors (Lipinski definition) is 0. The van der Waals surface area contributed by atoms with Crippen molar-refractivity contribution in [3.8, 4) is 0 Å². The molecule has 0 saturated heterocycles. The van der Waals surface area contributed by atoms with Crippen LogP contribution in [0.2, 0.25) is 0 Å². The first kappa shape index (κ1) is 8.77. The van der Waals surface area contributed by atoms with Crippen molar-refractivity contribution in [1.29, 1.82) is 0 Å². The Kier molecular flexibility index (Phi) is 2.13. The van der Waals surface area contributed by atoms with Crippen LogP contribution in [0.15, 0.2) is 24.3 Å². The molecule has 1 aliphatic rings. The summed E-state index contributed by atoms with van der Waals surface area (Å²) in [5.41, 5.74) is 1.42. The number of rotatable bonds is 0. The molecule has 1 aromatic carbocycles. The van der Waals surface area contributed by atoms with Crippen LogP contribution in [0.5, 0.6) is 0 Å². The first-order chi connectivity index (χ1) is 6.20. The SMILES string of the molecule is C[C-]1c2ccccc2P(C)C=[N+]1C. The molecule has 13 heavy (non-hydrogen) atoms. The molecule has 2 heteroatoms. The average molecular weight is 191 g/mol. The smallest absolute Gasteiger partial charge is 0.121 e. The predicted molar refractivity (Wildman–Crippen MR) is 59.2 cm³/mol. The molecule has 1 aliphatic heterocycles. The second kappa shape index (κ2) is 3.16. The van der Waals surface area contributed by atoms with E-state index in [2.05, 4.69) is 55.4 Å². The highest BCUT2D eigenvalue weighted by atomic mass is 31.1. The van der Waals surface area contributed by atoms with Crippen LogP contribution in [0.25, 0.3) is 0 Å². The maximum Gasteiger partial charge on any atom is 0.121 e. The van der Waals surface area contributed by atoms with Crippen LogP contribution in [0, 0.1) is 6.04 Å². The summed E-state index contributed by atoms with van der Waals surface area (Å²) in [6.45, 7) is 4.48. The Balaban J connectivity index is 2.55. The zero-order valence-corrected chi connectivity index (χ0v) is 9.18. The van der Waals surface area contributed by atoms with Gasteiger partial charge < -0.3 is 0 Å². The van der Waals surface area contributed by atoms with Crippen molar-refractivity contribution in [1.82, 2.24) is 0 Å². The van der Waals surface area contributed by atoms with Crippen LogP contribution < -0.4 is 5.30 Å². The quantitative estimate of drug-likeness (QED) is 0.335. The lowest BCUT2D eigenvalue weighted by Crippen LogP contribution is -2.25. The highest BCUT2D eigenvalue weighted by Crippen LogP contribution is 2.34. The Morgan fingerprint density at radius 3 is 2.77 bits per heavy atom. The molecule has 1 nitrogen and oxygen atoms in total. The molecular weight excluding hydrogens is 177 g/mol. The van der Waals surface area contributed by atoms with E-state index in [9.17, 15) is 0 Å². The molecule has 0 radical (unpaired) electrons. The summed E-state index contributed by atoms with van der Waals surface area (Å²) in [7, 11) is 2.04. The Bertz CT molecular complexity index is 357. The molecule has 0 amide bonds. The minimum Gasteiger partial charge on any atom is -0.285 e. The van der Waals surface area contributed by atoms with Crippen molar-refractivity contribution in [2.45, 2.75) is 6.92 Å².